The second kappa shape index (κ2) is 9.61. The molecule has 0 bridgehead atoms. The summed E-state index contributed by atoms with van der Waals surface area (Å²) in [7, 11) is 3.60. The van der Waals surface area contributed by atoms with Crippen LogP contribution in [-0.4, -0.2) is 101 Å². The van der Waals surface area contributed by atoms with E-state index in [0.717, 1.165) is 44.8 Å². The van der Waals surface area contributed by atoms with Gasteiger partial charge in [0.15, 0.2) is 0 Å². The van der Waals surface area contributed by atoms with Gasteiger partial charge in [-0.2, -0.15) is 5.10 Å². The Hall–Kier alpha value is -2.09. The molecule has 3 heterocycles. The molecule has 0 N–H and O–H groups in total. The number of urea groups is 1. The molecule has 3 rings (SSSR count). The van der Waals surface area contributed by atoms with E-state index in [4.69, 9.17) is 0 Å². The molecule has 8 nitrogen and oxygen atoms in total. The van der Waals surface area contributed by atoms with E-state index >= 15 is 0 Å². The molecule has 2 saturated heterocycles. The highest BCUT2D eigenvalue weighted by molar-refractivity contribution is 5.95. The fourth-order valence-corrected chi connectivity index (χ4v) is 4.36. The molecular formula is C21H36N6O2. The number of rotatable bonds is 6. The largest absolute Gasteiger partial charge is 0.336 e. The van der Waals surface area contributed by atoms with Gasteiger partial charge in [0.1, 0.15) is 0 Å². The van der Waals surface area contributed by atoms with Crippen LogP contribution in [0.5, 0.6) is 0 Å². The Morgan fingerprint density at radius 2 is 1.90 bits per heavy atom. The highest BCUT2D eigenvalue weighted by atomic mass is 16.2. The van der Waals surface area contributed by atoms with Crippen molar-refractivity contribution >= 4 is 11.9 Å². The van der Waals surface area contributed by atoms with Crippen molar-refractivity contribution < 1.29 is 9.59 Å². The van der Waals surface area contributed by atoms with Crippen molar-refractivity contribution in [2.75, 3.05) is 53.4 Å². The van der Waals surface area contributed by atoms with Gasteiger partial charge in [-0.25, -0.2) is 4.79 Å². The lowest BCUT2D eigenvalue weighted by molar-refractivity contribution is 0.0772. The van der Waals surface area contributed by atoms with Crippen LogP contribution >= 0.6 is 0 Å². The monoisotopic (exact) mass is 404 g/mol. The molecule has 0 aliphatic carbocycles. The van der Waals surface area contributed by atoms with Gasteiger partial charge in [-0.15, -0.1) is 0 Å². The quantitative estimate of drug-likeness (QED) is 0.726. The molecule has 0 radical (unpaired) electrons. The standard InChI is InChI=1S/C21H36N6O2/c1-5-26-16-19(17(2)22-26)20(28)25-12-9-18(15-25)27(21(29)23(3)4)14-13-24-10-7-6-8-11-24/h16,18H,5-15H2,1-4H3/t18-/m0/s1. The zero-order chi connectivity index (χ0) is 21.0. The molecule has 0 spiro atoms. The second-order valence-corrected chi connectivity index (χ2v) is 8.45. The fraction of sp³-hybridized carbons (Fsp3) is 0.762. The smallest absolute Gasteiger partial charge is 0.319 e. The lowest BCUT2D eigenvalue weighted by Gasteiger charge is -2.34. The van der Waals surface area contributed by atoms with E-state index in [0.29, 0.717) is 18.7 Å². The van der Waals surface area contributed by atoms with Gasteiger partial charge in [-0.05, 0) is 46.2 Å². The number of piperidine rings is 1. The van der Waals surface area contributed by atoms with Crippen LogP contribution in [0.15, 0.2) is 6.20 Å². The minimum Gasteiger partial charge on any atom is -0.336 e. The molecule has 29 heavy (non-hydrogen) atoms. The van der Waals surface area contributed by atoms with Gasteiger partial charge >= 0.3 is 6.03 Å². The summed E-state index contributed by atoms with van der Waals surface area (Å²) in [6.07, 6.45) is 6.47. The number of aryl methyl sites for hydroxylation is 2. The average molecular weight is 405 g/mol. The summed E-state index contributed by atoms with van der Waals surface area (Å²) in [4.78, 5) is 33.9. The summed E-state index contributed by atoms with van der Waals surface area (Å²) in [6.45, 7) is 9.80. The lowest BCUT2D eigenvalue weighted by Crippen LogP contribution is -2.50. The van der Waals surface area contributed by atoms with Gasteiger partial charge in [0.2, 0.25) is 0 Å². The van der Waals surface area contributed by atoms with E-state index in [-0.39, 0.29) is 18.0 Å². The lowest BCUT2D eigenvalue weighted by atomic mass is 10.1. The Kier molecular flexibility index (Phi) is 7.16. The average Bonchev–Trinajstić information content (AvgIpc) is 3.35. The summed E-state index contributed by atoms with van der Waals surface area (Å²) < 4.78 is 1.80. The predicted molar refractivity (Wildman–Crippen MR) is 113 cm³/mol. The SMILES string of the molecule is CCn1cc(C(=O)N2CC[C@H](N(CCN3CCCCC3)C(=O)N(C)C)C2)c(C)n1. The first kappa shape index (κ1) is 21.6. The first-order chi connectivity index (χ1) is 13.9. The van der Waals surface area contributed by atoms with Crippen LogP contribution in [-0.2, 0) is 6.54 Å². The van der Waals surface area contributed by atoms with Crippen LogP contribution < -0.4 is 0 Å². The van der Waals surface area contributed by atoms with Gasteiger partial charge in [-0.1, -0.05) is 6.42 Å². The van der Waals surface area contributed by atoms with Crippen molar-refractivity contribution in [3.63, 3.8) is 0 Å². The maximum atomic E-state index is 13.0. The molecular weight excluding hydrogens is 368 g/mol. The Morgan fingerprint density at radius 1 is 1.17 bits per heavy atom. The van der Waals surface area contributed by atoms with Crippen LogP contribution in [0.1, 0.15) is 48.7 Å². The zero-order valence-corrected chi connectivity index (χ0v) is 18.4. The van der Waals surface area contributed by atoms with E-state index in [1.807, 2.05) is 29.8 Å². The Balaban J connectivity index is 1.64. The van der Waals surface area contributed by atoms with Gasteiger partial charge in [0.05, 0.1) is 17.3 Å². The van der Waals surface area contributed by atoms with Gasteiger partial charge in [0.25, 0.3) is 5.91 Å². The Morgan fingerprint density at radius 3 is 2.52 bits per heavy atom. The highest BCUT2D eigenvalue weighted by Crippen LogP contribution is 2.21. The van der Waals surface area contributed by atoms with Crippen LogP contribution in [0.2, 0.25) is 0 Å². The third-order valence-corrected chi connectivity index (χ3v) is 6.13. The molecule has 0 aromatic carbocycles. The maximum Gasteiger partial charge on any atom is 0.319 e. The van der Waals surface area contributed by atoms with E-state index in [1.54, 1.807) is 23.7 Å². The molecule has 0 unspecified atom stereocenters. The normalized spacial score (nSPS) is 20.1. The van der Waals surface area contributed by atoms with E-state index in [9.17, 15) is 9.59 Å². The molecule has 2 aliphatic rings. The third-order valence-electron chi connectivity index (χ3n) is 6.13. The van der Waals surface area contributed by atoms with Crippen molar-refractivity contribution in [2.24, 2.45) is 0 Å². The van der Waals surface area contributed by atoms with E-state index < -0.39 is 0 Å². The number of aromatic nitrogens is 2. The van der Waals surface area contributed by atoms with Crippen molar-refractivity contribution in [1.29, 1.82) is 0 Å². The molecule has 0 saturated carbocycles. The van der Waals surface area contributed by atoms with Crippen LogP contribution in [0.4, 0.5) is 4.79 Å². The number of likely N-dealkylation sites (tertiary alicyclic amines) is 2. The van der Waals surface area contributed by atoms with Crippen molar-refractivity contribution in [3.05, 3.63) is 17.5 Å². The second-order valence-electron chi connectivity index (χ2n) is 8.45. The number of hydrogen-bond acceptors (Lipinski definition) is 4. The third kappa shape index (κ3) is 5.10. The number of carbonyl (C=O) groups excluding carboxylic acids is 2. The molecule has 1 aromatic rings. The molecule has 3 amide bonds. The summed E-state index contributed by atoms with van der Waals surface area (Å²) in [5, 5.41) is 4.40. The molecule has 1 aromatic heterocycles. The number of carbonyl (C=O) groups is 2. The van der Waals surface area contributed by atoms with E-state index in [1.165, 1.54) is 19.3 Å². The van der Waals surface area contributed by atoms with Crippen LogP contribution in [0.3, 0.4) is 0 Å². The minimum absolute atomic E-state index is 0.0259. The summed E-state index contributed by atoms with van der Waals surface area (Å²) in [6, 6.07) is 0.108. The molecule has 2 aliphatic heterocycles. The molecule has 2 fully saturated rings. The Labute approximate surface area is 174 Å². The predicted octanol–water partition coefficient (Wildman–Crippen LogP) is 1.90. The van der Waals surface area contributed by atoms with Crippen molar-refractivity contribution in [2.45, 2.75) is 52.1 Å². The number of amides is 3. The number of nitrogens with zero attached hydrogens (tertiary/aromatic N) is 6. The van der Waals surface area contributed by atoms with Crippen LogP contribution in [0, 0.1) is 6.92 Å². The topological polar surface area (TPSA) is 64.9 Å². The first-order valence-electron chi connectivity index (χ1n) is 10.9. The Bertz CT molecular complexity index is 710. The summed E-state index contributed by atoms with van der Waals surface area (Å²) in [5.41, 5.74) is 1.44. The fourth-order valence-electron chi connectivity index (χ4n) is 4.36. The molecule has 162 valence electrons. The van der Waals surface area contributed by atoms with Gasteiger partial charge in [0, 0.05) is 53.0 Å². The minimum atomic E-state index is 0.0259. The summed E-state index contributed by atoms with van der Waals surface area (Å²) in [5.74, 6) is 0.0259. The van der Waals surface area contributed by atoms with Crippen LogP contribution in [0.25, 0.3) is 0 Å². The van der Waals surface area contributed by atoms with Crippen molar-refractivity contribution in [3.8, 4) is 0 Å². The molecule has 1 atom stereocenters. The maximum absolute atomic E-state index is 13.0. The first-order valence-corrected chi connectivity index (χ1v) is 10.9. The van der Waals surface area contributed by atoms with Gasteiger partial charge in [-0.3, -0.25) is 9.48 Å². The van der Waals surface area contributed by atoms with Gasteiger partial charge < -0.3 is 19.6 Å². The van der Waals surface area contributed by atoms with Crippen molar-refractivity contribution in [1.82, 2.24) is 29.4 Å². The molecule has 8 heteroatoms. The highest BCUT2D eigenvalue weighted by Gasteiger charge is 2.34. The zero-order valence-electron chi connectivity index (χ0n) is 18.4. The van der Waals surface area contributed by atoms with E-state index in [2.05, 4.69) is 10.00 Å². The summed E-state index contributed by atoms with van der Waals surface area (Å²) >= 11 is 0. The number of hydrogen-bond donors (Lipinski definition) is 0.